The predicted octanol–water partition coefficient (Wildman–Crippen LogP) is 6.58. The van der Waals surface area contributed by atoms with Crippen molar-refractivity contribution in [3.63, 3.8) is 0 Å². The van der Waals surface area contributed by atoms with Crippen LogP contribution in [0.5, 0.6) is 11.5 Å². The van der Waals surface area contributed by atoms with E-state index in [0.717, 1.165) is 20.2 Å². The standard InChI is InChI=1S/C21H17Br2NO3S2/c1-3-8-27-19-16(23)9-13(10-17(19)26-4-2)11-18-20(25)24(21(28)29-18)15-7-5-6-14(22)12-15/h3,5-7,9-12H,1,4,8H2,2H3/b18-11+. The molecule has 1 fully saturated rings. The summed E-state index contributed by atoms with van der Waals surface area (Å²) in [5.74, 6) is 1.04. The Bertz CT molecular complexity index is 1010. The van der Waals surface area contributed by atoms with Gasteiger partial charge in [0, 0.05) is 4.47 Å². The van der Waals surface area contributed by atoms with Gasteiger partial charge in [-0.25, -0.2) is 0 Å². The molecule has 0 bridgehead atoms. The molecule has 2 aromatic carbocycles. The summed E-state index contributed by atoms with van der Waals surface area (Å²) in [5.41, 5.74) is 1.54. The van der Waals surface area contributed by atoms with Crippen molar-refractivity contribution in [1.82, 2.24) is 0 Å². The van der Waals surface area contributed by atoms with Gasteiger partial charge in [0.15, 0.2) is 15.8 Å². The van der Waals surface area contributed by atoms with Crippen molar-refractivity contribution in [1.29, 1.82) is 0 Å². The Balaban J connectivity index is 1.94. The molecule has 2 aromatic rings. The minimum Gasteiger partial charge on any atom is -0.490 e. The van der Waals surface area contributed by atoms with Gasteiger partial charge in [0.2, 0.25) is 0 Å². The number of ether oxygens (including phenoxy) is 2. The van der Waals surface area contributed by atoms with Crippen LogP contribution >= 0.6 is 55.8 Å². The first-order valence-corrected chi connectivity index (χ1v) is 11.5. The molecular weight excluding hydrogens is 538 g/mol. The number of thiocarbonyl (C=S) groups is 1. The quantitative estimate of drug-likeness (QED) is 0.219. The average molecular weight is 555 g/mol. The molecule has 1 saturated heterocycles. The molecule has 1 aliphatic rings. The van der Waals surface area contributed by atoms with E-state index in [1.807, 2.05) is 49.4 Å². The third-order valence-corrected chi connectivity index (χ3v) is 6.22. The van der Waals surface area contributed by atoms with E-state index < -0.39 is 0 Å². The Morgan fingerprint density at radius 1 is 1.24 bits per heavy atom. The summed E-state index contributed by atoms with van der Waals surface area (Å²) in [6, 6.07) is 11.2. The number of anilines is 1. The first-order chi connectivity index (χ1) is 13.9. The Hall–Kier alpha value is -1.61. The molecular formula is C21H17Br2NO3S2. The number of nitrogens with zero attached hydrogens (tertiary/aromatic N) is 1. The van der Waals surface area contributed by atoms with E-state index in [2.05, 4.69) is 38.4 Å². The zero-order valence-corrected chi connectivity index (χ0v) is 20.3. The maximum absolute atomic E-state index is 13.0. The molecule has 0 N–H and O–H groups in total. The molecule has 0 saturated carbocycles. The molecule has 0 aromatic heterocycles. The van der Waals surface area contributed by atoms with Gasteiger partial charge in [-0.15, -0.1) is 0 Å². The van der Waals surface area contributed by atoms with Crippen molar-refractivity contribution in [3.8, 4) is 11.5 Å². The second-order valence-corrected chi connectivity index (χ2v) is 9.31. The molecule has 8 heteroatoms. The summed E-state index contributed by atoms with van der Waals surface area (Å²) in [5, 5.41) is 0. The van der Waals surface area contributed by atoms with E-state index in [9.17, 15) is 4.79 Å². The topological polar surface area (TPSA) is 38.8 Å². The van der Waals surface area contributed by atoms with Gasteiger partial charge < -0.3 is 9.47 Å². The van der Waals surface area contributed by atoms with E-state index in [-0.39, 0.29) is 5.91 Å². The molecule has 0 aliphatic carbocycles. The van der Waals surface area contributed by atoms with Gasteiger partial charge in [-0.3, -0.25) is 9.69 Å². The lowest BCUT2D eigenvalue weighted by Crippen LogP contribution is -2.27. The van der Waals surface area contributed by atoms with E-state index in [1.165, 1.54) is 16.7 Å². The number of amides is 1. The van der Waals surface area contributed by atoms with Crippen molar-refractivity contribution in [2.24, 2.45) is 0 Å². The summed E-state index contributed by atoms with van der Waals surface area (Å²) in [4.78, 5) is 15.1. The molecule has 4 nitrogen and oxygen atoms in total. The van der Waals surface area contributed by atoms with E-state index in [4.69, 9.17) is 21.7 Å². The minimum atomic E-state index is -0.154. The van der Waals surface area contributed by atoms with Crippen LogP contribution in [0.2, 0.25) is 0 Å². The number of halogens is 2. The number of rotatable bonds is 7. The lowest BCUT2D eigenvalue weighted by molar-refractivity contribution is -0.113. The number of carbonyl (C=O) groups excluding carboxylic acids is 1. The molecule has 1 aliphatic heterocycles. The van der Waals surface area contributed by atoms with Gasteiger partial charge >= 0.3 is 0 Å². The molecule has 0 unspecified atom stereocenters. The van der Waals surface area contributed by atoms with Crippen molar-refractivity contribution in [2.75, 3.05) is 18.1 Å². The lowest BCUT2D eigenvalue weighted by atomic mass is 10.1. The van der Waals surface area contributed by atoms with Crippen LogP contribution in [-0.2, 0) is 4.79 Å². The Kier molecular flexibility index (Phi) is 7.56. The smallest absolute Gasteiger partial charge is 0.270 e. The summed E-state index contributed by atoms with van der Waals surface area (Å²) in [7, 11) is 0. The highest BCUT2D eigenvalue weighted by molar-refractivity contribution is 9.10. The molecule has 1 heterocycles. The normalized spacial score (nSPS) is 15.1. The van der Waals surface area contributed by atoms with E-state index in [0.29, 0.717) is 33.9 Å². The third-order valence-electron chi connectivity index (χ3n) is 3.84. The monoisotopic (exact) mass is 553 g/mol. The summed E-state index contributed by atoms with van der Waals surface area (Å²) >= 11 is 13.7. The van der Waals surface area contributed by atoms with Crippen LogP contribution in [0, 0.1) is 0 Å². The molecule has 1 amide bonds. The number of thioether (sulfide) groups is 1. The SMILES string of the molecule is C=CCOc1c(Br)cc(/C=C2/SC(=S)N(c3cccc(Br)c3)C2=O)cc1OCC. The van der Waals surface area contributed by atoms with Gasteiger partial charge in [-0.2, -0.15) is 0 Å². The molecule has 0 radical (unpaired) electrons. The van der Waals surface area contributed by atoms with Crippen molar-refractivity contribution in [3.05, 3.63) is 68.5 Å². The van der Waals surface area contributed by atoms with Gasteiger partial charge in [-0.1, -0.05) is 58.6 Å². The first kappa shape index (κ1) is 22.1. The van der Waals surface area contributed by atoms with Crippen molar-refractivity contribution < 1.29 is 14.3 Å². The largest absolute Gasteiger partial charge is 0.490 e. The number of hydrogen-bond donors (Lipinski definition) is 0. The van der Waals surface area contributed by atoms with Crippen LogP contribution in [0.25, 0.3) is 6.08 Å². The Morgan fingerprint density at radius 3 is 2.72 bits per heavy atom. The van der Waals surface area contributed by atoms with Gasteiger partial charge in [0.25, 0.3) is 5.91 Å². The highest BCUT2D eigenvalue weighted by atomic mass is 79.9. The molecule has 150 valence electrons. The summed E-state index contributed by atoms with van der Waals surface area (Å²) in [6.07, 6.45) is 3.48. The van der Waals surface area contributed by atoms with Crippen molar-refractivity contribution >= 4 is 77.8 Å². The number of benzene rings is 2. The predicted molar refractivity (Wildman–Crippen MR) is 131 cm³/mol. The zero-order chi connectivity index (χ0) is 21.0. The maximum Gasteiger partial charge on any atom is 0.270 e. The Morgan fingerprint density at radius 2 is 2.03 bits per heavy atom. The first-order valence-electron chi connectivity index (χ1n) is 8.68. The highest BCUT2D eigenvalue weighted by Crippen LogP contribution is 2.40. The van der Waals surface area contributed by atoms with Crippen LogP contribution in [0.3, 0.4) is 0 Å². The number of hydrogen-bond acceptors (Lipinski definition) is 5. The van der Waals surface area contributed by atoms with E-state index in [1.54, 1.807) is 6.08 Å². The van der Waals surface area contributed by atoms with Gasteiger partial charge in [0.05, 0.1) is 21.7 Å². The second-order valence-electron chi connectivity index (χ2n) is 5.86. The summed E-state index contributed by atoms with van der Waals surface area (Å²) in [6.45, 7) is 6.43. The van der Waals surface area contributed by atoms with Crippen LogP contribution in [-0.4, -0.2) is 23.4 Å². The zero-order valence-electron chi connectivity index (χ0n) is 15.5. The molecule has 0 atom stereocenters. The van der Waals surface area contributed by atoms with E-state index >= 15 is 0 Å². The molecule has 3 rings (SSSR count). The van der Waals surface area contributed by atoms with Gasteiger partial charge in [-0.05, 0) is 64.8 Å². The third kappa shape index (κ3) is 5.12. The molecule has 0 spiro atoms. The van der Waals surface area contributed by atoms with Crippen LogP contribution in [0.1, 0.15) is 12.5 Å². The van der Waals surface area contributed by atoms with Crippen LogP contribution in [0.4, 0.5) is 5.69 Å². The fraction of sp³-hybridized carbons (Fsp3) is 0.143. The number of carbonyl (C=O) groups is 1. The lowest BCUT2D eigenvalue weighted by Gasteiger charge is -2.15. The van der Waals surface area contributed by atoms with Crippen molar-refractivity contribution in [2.45, 2.75) is 6.92 Å². The fourth-order valence-corrected chi connectivity index (χ4v) is 4.93. The average Bonchev–Trinajstić information content (AvgIpc) is 2.94. The Labute approximate surface area is 196 Å². The molecule has 29 heavy (non-hydrogen) atoms. The second kappa shape index (κ2) is 9.93. The highest BCUT2D eigenvalue weighted by Gasteiger charge is 2.33. The summed E-state index contributed by atoms with van der Waals surface area (Å²) < 4.78 is 13.5. The maximum atomic E-state index is 13.0. The van der Waals surface area contributed by atoms with Gasteiger partial charge in [0.1, 0.15) is 6.61 Å². The van der Waals surface area contributed by atoms with Crippen LogP contribution < -0.4 is 14.4 Å². The van der Waals surface area contributed by atoms with Crippen LogP contribution in [0.15, 0.2) is 62.9 Å². The minimum absolute atomic E-state index is 0.154. The fourth-order valence-electron chi connectivity index (χ4n) is 2.67.